The van der Waals surface area contributed by atoms with E-state index in [0.717, 1.165) is 0 Å². The van der Waals surface area contributed by atoms with Crippen LogP contribution in [0.5, 0.6) is 23.0 Å². The summed E-state index contributed by atoms with van der Waals surface area (Å²) in [5.41, 5.74) is 6.23. The van der Waals surface area contributed by atoms with Crippen LogP contribution in [0.1, 0.15) is 32.1 Å². The third kappa shape index (κ3) is 4.63. The molecule has 0 atom stereocenters. The highest BCUT2D eigenvalue weighted by atomic mass is 16.7. The number of fused-ring (bicyclic) bond motifs is 2. The number of rotatable bonds is 6. The summed E-state index contributed by atoms with van der Waals surface area (Å²) < 4.78 is 21.1. The quantitative estimate of drug-likeness (QED) is 0.426. The lowest BCUT2D eigenvalue weighted by atomic mass is 10.2. The molecule has 0 unspecified atom stereocenters. The Labute approximate surface area is 193 Å². The summed E-state index contributed by atoms with van der Waals surface area (Å²) in [5.74, 6) is 1.38. The van der Waals surface area contributed by atoms with Crippen LogP contribution < -0.4 is 29.8 Å². The van der Waals surface area contributed by atoms with Crippen LogP contribution in [0.25, 0.3) is 0 Å². The second kappa shape index (κ2) is 9.28. The zero-order chi connectivity index (χ0) is 23.3. The van der Waals surface area contributed by atoms with Crippen LogP contribution in [-0.2, 0) is 0 Å². The molecule has 2 aliphatic rings. The van der Waals surface area contributed by atoms with E-state index in [1.165, 1.54) is 24.6 Å². The molecule has 0 saturated carbocycles. The van der Waals surface area contributed by atoms with Gasteiger partial charge in [0.1, 0.15) is 11.4 Å². The van der Waals surface area contributed by atoms with E-state index in [4.69, 9.17) is 18.9 Å². The first-order valence-corrected chi connectivity index (χ1v) is 10.1. The van der Waals surface area contributed by atoms with Crippen LogP contribution in [0.2, 0.25) is 0 Å². The van der Waals surface area contributed by atoms with Gasteiger partial charge >= 0.3 is 0 Å². The molecular formula is C23H17N5O6. The minimum atomic E-state index is -0.574. The average Bonchev–Trinajstić information content (AvgIpc) is 3.52. The third-order valence-electron chi connectivity index (χ3n) is 4.77. The molecule has 1 aromatic heterocycles. The van der Waals surface area contributed by atoms with E-state index < -0.39 is 11.8 Å². The molecule has 0 spiro atoms. The molecule has 0 aliphatic carbocycles. The van der Waals surface area contributed by atoms with Gasteiger partial charge in [0.2, 0.25) is 13.6 Å². The molecule has 2 aliphatic heterocycles. The number of nitrogens with zero attached hydrogens (tertiary/aromatic N) is 3. The molecule has 3 heterocycles. The van der Waals surface area contributed by atoms with E-state index in [1.54, 1.807) is 42.5 Å². The Hall–Kier alpha value is -4.93. The van der Waals surface area contributed by atoms with Crippen molar-refractivity contribution in [1.82, 2.24) is 15.8 Å². The highest BCUT2D eigenvalue weighted by Crippen LogP contribution is 2.32. The SMILES string of the molecule is O=C(N/N=C/c1ccc2c(c1)OCO2)c1cccc(C(=O)N/N=C/c2ccc3c(c2)OCO3)n1. The van der Waals surface area contributed by atoms with Crippen molar-refractivity contribution in [2.45, 2.75) is 0 Å². The van der Waals surface area contributed by atoms with Crippen LogP contribution in [0, 0.1) is 0 Å². The van der Waals surface area contributed by atoms with Crippen LogP contribution in [0.15, 0.2) is 64.8 Å². The van der Waals surface area contributed by atoms with Crippen molar-refractivity contribution in [3.8, 4) is 23.0 Å². The Kier molecular flexibility index (Phi) is 5.72. The van der Waals surface area contributed by atoms with Crippen molar-refractivity contribution in [2.24, 2.45) is 10.2 Å². The number of ether oxygens (including phenoxy) is 4. The normalized spacial score (nSPS) is 13.4. The van der Waals surface area contributed by atoms with E-state index >= 15 is 0 Å². The zero-order valence-electron chi connectivity index (χ0n) is 17.6. The van der Waals surface area contributed by atoms with Crippen LogP contribution in [-0.4, -0.2) is 42.8 Å². The standard InChI is InChI=1S/C23H17N5O6/c29-22(27-24-10-14-4-6-18-20(8-14)33-12-31-18)16-2-1-3-17(26-16)23(30)28-25-11-15-5-7-19-21(9-15)34-13-32-19/h1-11H,12-13H2,(H,27,29)(H,28,30)/b24-10+,25-11+. The molecule has 0 fully saturated rings. The number of carbonyl (C=O) groups excluding carboxylic acids is 2. The van der Waals surface area contributed by atoms with Crippen LogP contribution in [0.3, 0.4) is 0 Å². The summed E-state index contributed by atoms with van der Waals surface area (Å²) in [5, 5.41) is 7.84. The number of hydrazone groups is 2. The van der Waals surface area contributed by atoms with Crippen LogP contribution in [0.4, 0.5) is 0 Å². The molecule has 170 valence electrons. The molecule has 11 nitrogen and oxygen atoms in total. The minimum absolute atomic E-state index is 0.0234. The Morgan fingerprint density at radius 3 is 1.68 bits per heavy atom. The Morgan fingerprint density at radius 1 is 0.706 bits per heavy atom. The molecule has 2 amide bonds. The topological polar surface area (TPSA) is 133 Å². The zero-order valence-corrected chi connectivity index (χ0v) is 17.6. The van der Waals surface area contributed by atoms with Gasteiger partial charge in [0.15, 0.2) is 23.0 Å². The summed E-state index contributed by atoms with van der Waals surface area (Å²) in [6.45, 7) is 0.345. The molecular weight excluding hydrogens is 442 g/mol. The van der Waals surface area contributed by atoms with Gasteiger partial charge in [0.05, 0.1) is 12.4 Å². The Morgan fingerprint density at radius 2 is 1.18 bits per heavy atom. The molecule has 5 rings (SSSR count). The molecule has 11 heteroatoms. The van der Waals surface area contributed by atoms with E-state index in [0.29, 0.717) is 34.1 Å². The fraction of sp³-hybridized carbons (Fsp3) is 0.0870. The molecule has 0 radical (unpaired) electrons. The number of hydrogen-bond acceptors (Lipinski definition) is 9. The van der Waals surface area contributed by atoms with Gasteiger partial charge in [-0.3, -0.25) is 9.59 Å². The lowest BCUT2D eigenvalue weighted by Crippen LogP contribution is -2.23. The summed E-state index contributed by atoms with van der Waals surface area (Å²) in [6, 6.07) is 15.0. The predicted octanol–water partition coefficient (Wildman–Crippen LogP) is 2.07. The average molecular weight is 459 g/mol. The maximum Gasteiger partial charge on any atom is 0.289 e. The van der Waals surface area contributed by atoms with Crippen molar-refractivity contribution >= 4 is 24.2 Å². The van der Waals surface area contributed by atoms with Gasteiger partial charge < -0.3 is 18.9 Å². The Bertz CT molecular complexity index is 1230. The first kappa shape index (κ1) is 20.9. The van der Waals surface area contributed by atoms with E-state index in [1.807, 2.05) is 0 Å². The second-order valence-corrected chi connectivity index (χ2v) is 7.03. The minimum Gasteiger partial charge on any atom is -0.454 e. The monoisotopic (exact) mass is 459 g/mol. The lowest BCUT2D eigenvalue weighted by molar-refractivity contribution is 0.0945. The smallest absolute Gasteiger partial charge is 0.289 e. The molecule has 0 saturated heterocycles. The number of aromatic nitrogens is 1. The van der Waals surface area contributed by atoms with Gasteiger partial charge in [-0.1, -0.05) is 6.07 Å². The third-order valence-corrected chi connectivity index (χ3v) is 4.77. The van der Waals surface area contributed by atoms with Gasteiger partial charge in [-0.15, -0.1) is 0 Å². The fourth-order valence-corrected chi connectivity index (χ4v) is 3.12. The number of amides is 2. The fourth-order valence-electron chi connectivity index (χ4n) is 3.12. The number of benzene rings is 2. The summed E-state index contributed by atoms with van der Waals surface area (Å²) >= 11 is 0. The first-order chi connectivity index (χ1) is 16.7. The summed E-state index contributed by atoms with van der Waals surface area (Å²) in [6.07, 6.45) is 2.92. The first-order valence-electron chi connectivity index (χ1n) is 10.1. The maximum absolute atomic E-state index is 12.4. The highest BCUT2D eigenvalue weighted by Gasteiger charge is 2.14. The van der Waals surface area contributed by atoms with Crippen molar-refractivity contribution in [3.63, 3.8) is 0 Å². The van der Waals surface area contributed by atoms with E-state index in [9.17, 15) is 9.59 Å². The van der Waals surface area contributed by atoms with E-state index in [2.05, 4.69) is 26.0 Å². The van der Waals surface area contributed by atoms with Crippen molar-refractivity contribution in [3.05, 3.63) is 77.1 Å². The molecule has 34 heavy (non-hydrogen) atoms. The predicted molar refractivity (Wildman–Crippen MR) is 119 cm³/mol. The van der Waals surface area contributed by atoms with Gasteiger partial charge in [-0.05, 0) is 59.7 Å². The second-order valence-electron chi connectivity index (χ2n) is 7.03. The number of nitrogens with one attached hydrogen (secondary N) is 2. The van der Waals surface area contributed by atoms with Gasteiger partial charge in [0, 0.05) is 0 Å². The van der Waals surface area contributed by atoms with E-state index in [-0.39, 0.29) is 25.0 Å². The summed E-state index contributed by atoms with van der Waals surface area (Å²) in [7, 11) is 0. The van der Waals surface area contributed by atoms with Gasteiger partial charge in [0.25, 0.3) is 11.8 Å². The van der Waals surface area contributed by atoms with Crippen molar-refractivity contribution < 1.29 is 28.5 Å². The summed E-state index contributed by atoms with van der Waals surface area (Å²) in [4.78, 5) is 28.8. The van der Waals surface area contributed by atoms with Crippen molar-refractivity contribution in [2.75, 3.05) is 13.6 Å². The molecule has 0 bridgehead atoms. The van der Waals surface area contributed by atoms with Gasteiger partial charge in [-0.25, -0.2) is 15.8 Å². The molecule has 2 aromatic carbocycles. The highest BCUT2D eigenvalue weighted by molar-refractivity contribution is 5.97. The van der Waals surface area contributed by atoms with Crippen molar-refractivity contribution in [1.29, 1.82) is 0 Å². The van der Waals surface area contributed by atoms with Gasteiger partial charge in [-0.2, -0.15) is 10.2 Å². The van der Waals surface area contributed by atoms with Crippen LogP contribution >= 0.6 is 0 Å². The lowest BCUT2D eigenvalue weighted by Gasteiger charge is -2.03. The number of carbonyl (C=O) groups is 2. The molecule has 3 aromatic rings. The number of pyridine rings is 1. The molecule has 2 N–H and O–H groups in total. The Balaban J connectivity index is 1.18. The largest absolute Gasteiger partial charge is 0.454 e. The maximum atomic E-state index is 12.4. The number of hydrogen-bond donors (Lipinski definition) is 2.